The molecule has 1 saturated heterocycles. The highest BCUT2D eigenvalue weighted by atomic mass is 35.5. The molecule has 9 heteroatoms. The predicted octanol–water partition coefficient (Wildman–Crippen LogP) is 2.14. The van der Waals surface area contributed by atoms with Crippen molar-refractivity contribution >= 4 is 29.9 Å². The summed E-state index contributed by atoms with van der Waals surface area (Å²) < 4.78 is 10.4. The highest BCUT2D eigenvalue weighted by Crippen LogP contribution is 2.24. The summed E-state index contributed by atoms with van der Waals surface area (Å²) in [7, 11) is 0. The van der Waals surface area contributed by atoms with Crippen LogP contribution < -0.4 is 5.32 Å². The van der Waals surface area contributed by atoms with Gasteiger partial charge < -0.3 is 19.5 Å². The first kappa shape index (κ1) is 19.7. The van der Waals surface area contributed by atoms with Crippen molar-refractivity contribution in [2.24, 2.45) is 0 Å². The summed E-state index contributed by atoms with van der Waals surface area (Å²) in [5.74, 6) is 0.841. The van der Waals surface area contributed by atoms with Crippen LogP contribution in [0.15, 0.2) is 28.8 Å². The van der Waals surface area contributed by atoms with Crippen LogP contribution in [0.5, 0.6) is 0 Å². The number of aryl methyl sites for hydroxylation is 1. The standard InChI is InChI=1S/C16H19ClN4O3.ClH/c1-11-19-15(24-20-11)9-23-10-16(22)21-6-5-18-8-14(21)12-3-2-4-13(17)7-12;/h2-4,7,14,18H,5-6,8-10H2,1H3;1H. The molecule has 0 saturated carbocycles. The molecule has 1 aromatic carbocycles. The zero-order chi connectivity index (χ0) is 16.9. The van der Waals surface area contributed by atoms with Gasteiger partial charge in [-0.3, -0.25) is 4.79 Å². The Labute approximate surface area is 157 Å². The van der Waals surface area contributed by atoms with Gasteiger partial charge in [-0.05, 0) is 24.6 Å². The van der Waals surface area contributed by atoms with Crippen molar-refractivity contribution < 1.29 is 14.1 Å². The van der Waals surface area contributed by atoms with Crippen molar-refractivity contribution in [3.8, 4) is 0 Å². The topological polar surface area (TPSA) is 80.5 Å². The number of halogens is 2. The Hall–Kier alpha value is -1.67. The average Bonchev–Trinajstić information content (AvgIpc) is 3.00. The molecule has 1 aliphatic rings. The molecule has 0 bridgehead atoms. The minimum Gasteiger partial charge on any atom is -0.362 e. The van der Waals surface area contributed by atoms with Crippen LogP contribution >= 0.6 is 24.0 Å². The fourth-order valence-corrected chi connectivity index (χ4v) is 2.92. The van der Waals surface area contributed by atoms with Crippen molar-refractivity contribution in [3.05, 3.63) is 46.6 Å². The largest absolute Gasteiger partial charge is 0.362 e. The number of amides is 1. The second-order valence-electron chi connectivity index (χ2n) is 5.59. The second kappa shape index (κ2) is 9.15. The summed E-state index contributed by atoms with van der Waals surface area (Å²) in [6.07, 6.45) is 0. The molecule has 25 heavy (non-hydrogen) atoms. The average molecular weight is 387 g/mol. The zero-order valence-electron chi connectivity index (χ0n) is 13.8. The van der Waals surface area contributed by atoms with Gasteiger partial charge in [0, 0.05) is 24.7 Å². The molecule has 2 heterocycles. The van der Waals surface area contributed by atoms with Crippen LogP contribution in [-0.2, 0) is 16.1 Å². The number of carbonyl (C=O) groups is 1. The number of hydrogen-bond acceptors (Lipinski definition) is 6. The third-order valence-electron chi connectivity index (χ3n) is 3.82. The third-order valence-corrected chi connectivity index (χ3v) is 4.05. The fourth-order valence-electron chi connectivity index (χ4n) is 2.72. The molecule has 1 amide bonds. The van der Waals surface area contributed by atoms with E-state index in [0.29, 0.717) is 29.8 Å². The highest BCUT2D eigenvalue weighted by Gasteiger charge is 2.28. The minimum atomic E-state index is -0.0716. The van der Waals surface area contributed by atoms with E-state index in [0.717, 1.165) is 12.1 Å². The molecule has 1 unspecified atom stereocenters. The maximum Gasteiger partial charge on any atom is 0.252 e. The fraction of sp³-hybridized carbons (Fsp3) is 0.438. The summed E-state index contributed by atoms with van der Waals surface area (Å²) in [6, 6.07) is 7.53. The lowest BCUT2D eigenvalue weighted by Gasteiger charge is -2.36. The smallest absolute Gasteiger partial charge is 0.252 e. The Bertz CT molecular complexity index is 710. The van der Waals surface area contributed by atoms with Crippen LogP contribution in [0, 0.1) is 6.92 Å². The zero-order valence-corrected chi connectivity index (χ0v) is 15.3. The van der Waals surface area contributed by atoms with E-state index in [2.05, 4.69) is 15.5 Å². The monoisotopic (exact) mass is 386 g/mol. The number of aromatic nitrogens is 2. The Balaban J connectivity index is 0.00000225. The number of piperazine rings is 1. The number of carbonyl (C=O) groups excluding carboxylic acids is 1. The van der Waals surface area contributed by atoms with Crippen molar-refractivity contribution in [2.75, 3.05) is 26.2 Å². The van der Waals surface area contributed by atoms with Gasteiger partial charge in [0.2, 0.25) is 5.91 Å². The van der Waals surface area contributed by atoms with E-state index in [1.807, 2.05) is 29.2 Å². The van der Waals surface area contributed by atoms with Gasteiger partial charge in [-0.1, -0.05) is 28.9 Å². The molecule has 3 rings (SSSR count). The summed E-state index contributed by atoms with van der Waals surface area (Å²) in [6.45, 7) is 3.90. The van der Waals surface area contributed by atoms with Crippen LogP contribution in [0.3, 0.4) is 0 Å². The Morgan fingerprint density at radius 2 is 2.36 bits per heavy atom. The highest BCUT2D eigenvalue weighted by molar-refractivity contribution is 6.30. The van der Waals surface area contributed by atoms with Crippen LogP contribution in [0.4, 0.5) is 0 Å². The number of benzene rings is 1. The molecule has 1 fully saturated rings. The summed E-state index contributed by atoms with van der Waals surface area (Å²) in [4.78, 5) is 18.4. The maximum atomic E-state index is 12.5. The molecule has 1 N–H and O–H groups in total. The molecule has 2 aromatic rings. The van der Waals surface area contributed by atoms with E-state index < -0.39 is 0 Å². The van der Waals surface area contributed by atoms with Gasteiger partial charge in [0.15, 0.2) is 5.82 Å². The molecular weight excluding hydrogens is 367 g/mol. The number of nitrogens with one attached hydrogen (secondary N) is 1. The van der Waals surface area contributed by atoms with E-state index in [1.165, 1.54) is 0 Å². The van der Waals surface area contributed by atoms with Gasteiger partial charge in [-0.15, -0.1) is 12.4 Å². The molecule has 1 aromatic heterocycles. The molecule has 1 atom stereocenters. The van der Waals surface area contributed by atoms with E-state index in [4.69, 9.17) is 20.9 Å². The molecule has 7 nitrogen and oxygen atoms in total. The van der Waals surface area contributed by atoms with Crippen LogP contribution in [0.25, 0.3) is 0 Å². The van der Waals surface area contributed by atoms with E-state index in [-0.39, 0.29) is 37.6 Å². The van der Waals surface area contributed by atoms with Crippen molar-refractivity contribution in [1.82, 2.24) is 20.4 Å². The SMILES string of the molecule is Cc1noc(COCC(=O)N2CCNCC2c2cccc(Cl)c2)n1.Cl. The van der Waals surface area contributed by atoms with Gasteiger partial charge in [-0.2, -0.15) is 4.98 Å². The minimum absolute atomic E-state index is 0. The van der Waals surface area contributed by atoms with Crippen LogP contribution in [0.1, 0.15) is 23.3 Å². The van der Waals surface area contributed by atoms with Gasteiger partial charge >= 0.3 is 0 Å². The van der Waals surface area contributed by atoms with E-state index in [9.17, 15) is 4.79 Å². The quantitative estimate of drug-likeness (QED) is 0.847. The lowest BCUT2D eigenvalue weighted by atomic mass is 10.0. The Morgan fingerprint density at radius 3 is 3.08 bits per heavy atom. The first-order valence-corrected chi connectivity index (χ1v) is 8.14. The first-order valence-electron chi connectivity index (χ1n) is 7.76. The van der Waals surface area contributed by atoms with Crippen LogP contribution in [0.2, 0.25) is 5.02 Å². The Morgan fingerprint density at radius 1 is 1.52 bits per heavy atom. The lowest BCUT2D eigenvalue weighted by Crippen LogP contribution is -2.49. The third kappa shape index (κ3) is 5.15. The number of rotatable bonds is 5. The second-order valence-corrected chi connectivity index (χ2v) is 6.03. The van der Waals surface area contributed by atoms with Gasteiger partial charge in [0.1, 0.15) is 13.2 Å². The molecule has 1 aliphatic heterocycles. The summed E-state index contributed by atoms with van der Waals surface area (Å²) in [5.41, 5.74) is 1.01. The first-order chi connectivity index (χ1) is 11.6. The van der Waals surface area contributed by atoms with Gasteiger partial charge in [0.05, 0.1) is 6.04 Å². The van der Waals surface area contributed by atoms with Crippen molar-refractivity contribution in [3.63, 3.8) is 0 Å². The number of hydrogen-bond donors (Lipinski definition) is 1. The predicted molar refractivity (Wildman–Crippen MR) is 94.7 cm³/mol. The Kier molecular flexibility index (Phi) is 7.19. The lowest BCUT2D eigenvalue weighted by molar-refractivity contribution is -0.140. The van der Waals surface area contributed by atoms with Gasteiger partial charge in [0.25, 0.3) is 5.89 Å². The molecule has 0 spiro atoms. The molecule has 0 radical (unpaired) electrons. The van der Waals surface area contributed by atoms with Crippen LogP contribution in [-0.4, -0.2) is 47.2 Å². The van der Waals surface area contributed by atoms with Gasteiger partial charge in [-0.25, -0.2) is 0 Å². The summed E-state index contributed by atoms with van der Waals surface area (Å²) in [5, 5.41) is 7.65. The molecular formula is C16H20Cl2N4O3. The normalized spacial score (nSPS) is 17.2. The maximum absolute atomic E-state index is 12.5. The molecule has 136 valence electrons. The number of ether oxygens (including phenoxy) is 1. The number of nitrogens with zero attached hydrogens (tertiary/aromatic N) is 3. The summed E-state index contributed by atoms with van der Waals surface area (Å²) >= 11 is 6.07. The van der Waals surface area contributed by atoms with Crippen molar-refractivity contribution in [2.45, 2.75) is 19.6 Å². The van der Waals surface area contributed by atoms with Crippen molar-refractivity contribution in [1.29, 1.82) is 0 Å². The van der Waals surface area contributed by atoms with E-state index >= 15 is 0 Å². The van der Waals surface area contributed by atoms with E-state index in [1.54, 1.807) is 6.92 Å². The molecule has 0 aliphatic carbocycles.